The minimum Gasteiger partial charge on any atom is -0.455 e. The maximum atomic E-state index is 6.52. The van der Waals surface area contributed by atoms with E-state index in [0.717, 1.165) is 99.8 Å². The average Bonchev–Trinajstić information content (AvgIpc) is 3.68. The zero-order valence-corrected chi connectivity index (χ0v) is 30.7. The molecule has 57 heavy (non-hydrogen) atoms. The molecule has 0 N–H and O–H groups in total. The summed E-state index contributed by atoms with van der Waals surface area (Å²) in [6, 6.07) is 64.9. The van der Waals surface area contributed by atoms with Gasteiger partial charge in [-0.05, 0) is 58.7 Å². The van der Waals surface area contributed by atoms with Crippen LogP contribution in [0.2, 0.25) is 0 Å². The van der Waals surface area contributed by atoms with Crippen LogP contribution in [0.25, 0.3) is 111 Å². The third-order valence-corrected chi connectivity index (χ3v) is 10.8. The molecular formula is C52H32N4O. The van der Waals surface area contributed by atoms with Crippen molar-refractivity contribution in [3.05, 3.63) is 194 Å². The maximum absolute atomic E-state index is 6.52. The van der Waals surface area contributed by atoms with Crippen LogP contribution in [0.1, 0.15) is 0 Å². The molecule has 0 aliphatic carbocycles. The van der Waals surface area contributed by atoms with E-state index in [1.54, 1.807) is 6.20 Å². The summed E-state index contributed by atoms with van der Waals surface area (Å²) < 4.78 is 6.52. The molecule has 266 valence electrons. The zero-order valence-electron chi connectivity index (χ0n) is 30.7. The van der Waals surface area contributed by atoms with Gasteiger partial charge in [0.05, 0.1) is 28.3 Å². The van der Waals surface area contributed by atoms with E-state index in [1.807, 2.05) is 48.5 Å². The van der Waals surface area contributed by atoms with E-state index >= 15 is 0 Å². The Labute approximate surface area is 328 Å². The third kappa shape index (κ3) is 5.81. The highest BCUT2D eigenvalue weighted by Crippen LogP contribution is 2.41. The zero-order chi connectivity index (χ0) is 37.7. The number of para-hydroxylation sites is 2. The molecule has 4 heterocycles. The molecule has 0 fully saturated rings. The second kappa shape index (κ2) is 13.5. The molecule has 7 aromatic carbocycles. The molecule has 4 aromatic heterocycles. The summed E-state index contributed by atoms with van der Waals surface area (Å²) in [4.78, 5) is 19.9. The first-order valence-electron chi connectivity index (χ1n) is 19.0. The number of fused-ring (bicyclic) bond motifs is 7. The normalized spacial score (nSPS) is 11.5. The van der Waals surface area contributed by atoms with Crippen LogP contribution in [0.4, 0.5) is 0 Å². The predicted molar refractivity (Wildman–Crippen MR) is 233 cm³/mol. The van der Waals surface area contributed by atoms with E-state index in [-0.39, 0.29) is 0 Å². The molecule has 11 aromatic rings. The van der Waals surface area contributed by atoms with Crippen molar-refractivity contribution in [2.75, 3.05) is 0 Å². The Morgan fingerprint density at radius 3 is 1.67 bits per heavy atom. The van der Waals surface area contributed by atoms with Crippen molar-refractivity contribution in [1.82, 2.24) is 19.9 Å². The minimum absolute atomic E-state index is 0.656. The molecule has 0 bridgehead atoms. The molecule has 0 amide bonds. The lowest BCUT2D eigenvalue weighted by atomic mass is 9.96. The fourth-order valence-electron chi connectivity index (χ4n) is 7.90. The lowest BCUT2D eigenvalue weighted by Gasteiger charge is -2.12. The Kier molecular flexibility index (Phi) is 7.74. The Hall–Kier alpha value is -7.76. The highest BCUT2D eigenvalue weighted by Gasteiger charge is 2.18. The van der Waals surface area contributed by atoms with Crippen LogP contribution < -0.4 is 0 Å². The summed E-state index contributed by atoms with van der Waals surface area (Å²) in [5.41, 5.74) is 13.6. The summed E-state index contributed by atoms with van der Waals surface area (Å²) in [6.45, 7) is 0. The first-order chi connectivity index (χ1) is 28.2. The molecule has 0 saturated carbocycles. The van der Waals surface area contributed by atoms with Gasteiger partial charge in [0.1, 0.15) is 11.2 Å². The van der Waals surface area contributed by atoms with Crippen molar-refractivity contribution >= 4 is 43.6 Å². The van der Waals surface area contributed by atoms with Gasteiger partial charge in [-0.2, -0.15) is 0 Å². The summed E-state index contributed by atoms with van der Waals surface area (Å²) in [7, 11) is 0. The van der Waals surface area contributed by atoms with Gasteiger partial charge in [0.15, 0.2) is 5.82 Å². The van der Waals surface area contributed by atoms with E-state index in [2.05, 4.69) is 145 Å². The Morgan fingerprint density at radius 2 is 0.930 bits per heavy atom. The lowest BCUT2D eigenvalue weighted by Crippen LogP contribution is -1.97. The molecule has 0 atom stereocenters. The molecule has 0 aliphatic rings. The predicted octanol–water partition coefficient (Wildman–Crippen LogP) is 13.5. The quantitative estimate of drug-likeness (QED) is 0.160. The van der Waals surface area contributed by atoms with Gasteiger partial charge in [-0.25, -0.2) is 15.0 Å². The Bertz CT molecular complexity index is 3250. The number of rotatable bonds is 6. The summed E-state index contributed by atoms with van der Waals surface area (Å²) in [5, 5.41) is 5.48. The molecule has 0 spiro atoms. The monoisotopic (exact) mass is 728 g/mol. The van der Waals surface area contributed by atoms with Gasteiger partial charge in [0, 0.05) is 49.8 Å². The number of furan rings is 1. The number of benzene rings is 7. The van der Waals surface area contributed by atoms with E-state index in [0.29, 0.717) is 5.82 Å². The van der Waals surface area contributed by atoms with E-state index < -0.39 is 0 Å². The second-order valence-corrected chi connectivity index (χ2v) is 14.2. The van der Waals surface area contributed by atoms with Crippen LogP contribution in [0, 0.1) is 0 Å². The summed E-state index contributed by atoms with van der Waals surface area (Å²) >= 11 is 0. The maximum Gasteiger partial charge on any atom is 0.160 e. The topological polar surface area (TPSA) is 64.7 Å². The van der Waals surface area contributed by atoms with Gasteiger partial charge >= 0.3 is 0 Å². The van der Waals surface area contributed by atoms with Gasteiger partial charge in [-0.1, -0.05) is 152 Å². The van der Waals surface area contributed by atoms with Gasteiger partial charge in [-0.3, -0.25) is 4.98 Å². The van der Waals surface area contributed by atoms with Crippen molar-refractivity contribution in [3.63, 3.8) is 0 Å². The van der Waals surface area contributed by atoms with Gasteiger partial charge in [0.2, 0.25) is 0 Å². The van der Waals surface area contributed by atoms with Crippen LogP contribution in [0.5, 0.6) is 0 Å². The van der Waals surface area contributed by atoms with E-state index in [4.69, 9.17) is 19.4 Å². The number of hydrogen-bond donors (Lipinski definition) is 0. The Balaban J connectivity index is 0.942. The number of aromatic nitrogens is 4. The highest BCUT2D eigenvalue weighted by atomic mass is 16.3. The van der Waals surface area contributed by atoms with Crippen LogP contribution in [-0.4, -0.2) is 19.9 Å². The number of hydrogen-bond acceptors (Lipinski definition) is 5. The molecule has 0 aliphatic heterocycles. The van der Waals surface area contributed by atoms with Crippen molar-refractivity contribution < 1.29 is 4.42 Å². The standard InChI is InChI=1S/C52H32N4O/c1-2-10-33(11-3-1)34-21-27-39(28-22-34)52-55-46(32-47(56-52)45-15-8-9-31-53-45)37-23-17-35(18-24-37)36-19-25-38(26-20-36)50-43-30-29-41-40-12-5-7-16-48(40)57-51(41)49(43)42-13-4-6-14-44(42)54-50/h1-32H. The number of pyridine rings is 2. The largest absolute Gasteiger partial charge is 0.455 e. The Morgan fingerprint density at radius 1 is 0.351 bits per heavy atom. The van der Waals surface area contributed by atoms with Crippen LogP contribution in [0.3, 0.4) is 0 Å². The SMILES string of the molecule is c1ccc(-c2ccc(-c3nc(-c4ccc(-c5ccc(-c6nc7ccccc7c7c6ccc6c8ccccc8oc67)cc5)cc4)cc(-c4ccccn4)n3)cc2)cc1. The minimum atomic E-state index is 0.656. The molecular weight excluding hydrogens is 697 g/mol. The smallest absolute Gasteiger partial charge is 0.160 e. The molecule has 5 nitrogen and oxygen atoms in total. The fourth-order valence-corrected chi connectivity index (χ4v) is 7.90. The molecule has 5 heteroatoms. The lowest BCUT2D eigenvalue weighted by molar-refractivity contribution is 0.673. The number of nitrogens with zero attached hydrogens (tertiary/aromatic N) is 4. The summed E-state index contributed by atoms with van der Waals surface area (Å²) in [6.07, 6.45) is 1.80. The fraction of sp³-hybridized carbons (Fsp3) is 0. The first-order valence-corrected chi connectivity index (χ1v) is 19.0. The van der Waals surface area contributed by atoms with Gasteiger partial charge < -0.3 is 4.42 Å². The van der Waals surface area contributed by atoms with E-state index in [9.17, 15) is 0 Å². The second-order valence-electron chi connectivity index (χ2n) is 14.2. The van der Waals surface area contributed by atoms with Crippen molar-refractivity contribution in [2.45, 2.75) is 0 Å². The van der Waals surface area contributed by atoms with Crippen LogP contribution in [-0.2, 0) is 0 Å². The first kappa shape index (κ1) is 32.7. The summed E-state index contributed by atoms with van der Waals surface area (Å²) in [5.74, 6) is 0.656. The third-order valence-electron chi connectivity index (χ3n) is 10.8. The molecule has 11 rings (SSSR count). The average molecular weight is 729 g/mol. The van der Waals surface area contributed by atoms with Crippen molar-refractivity contribution in [1.29, 1.82) is 0 Å². The van der Waals surface area contributed by atoms with Gasteiger partial charge in [-0.15, -0.1) is 0 Å². The van der Waals surface area contributed by atoms with Crippen molar-refractivity contribution in [3.8, 4) is 67.5 Å². The van der Waals surface area contributed by atoms with Crippen LogP contribution in [0.15, 0.2) is 199 Å². The van der Waals surface area contributed by atoms with Gasteiger partial charge in [0.25, 0.3) is 0 Å². The van der Waals surface area contributed by atoms with Crippen molar-refractivity contribution in [2.24, 2.45) is 0 Å². The van der Waals surface area contributed by atoms with E-state index in [1.165, 1.54) is 5.56 Å². The van der Waals surface area contributed by atoms with Crippen LogP contribution >= 0.6 is 0 Å². The molecule has 0 unspecified atom stereocenters. The molecule has 0 radical (unpaired) electrons. The highest BCUT2D eigenvalue weighted by molar-refractivity contribution is 6.24. The molecule has 0 saturated heterocycles.